The summed E-state index contributed by atoms with van der Waals surface area (Å²) in [4.78, 5) is 39.0. The second-order valence-corrected chi connectivity index (χ2v) is 9.00. The quantitative estimate of drug-likeness (QED) is 0.328. The van der Waals surface area contributed by atoms with Crippen LogP contribution in [0.3, 0.4) is 0 Å². The van der Waals surface area contributed by atoms with Crippen molar-refractivity contribution in [1.82, 2.24) is 0 Å². The summed E-state index contributed by atoms with van der Waals surface area (Å²) in [7, 11) is 0. The maximum atomic E-state index is 13.6. The molecule has 7 rings (SSSR count). The number of hydrogen-bond donors (Lipinski definition) is 4. The number of aliphatic hydroxyl groups is 2. The highest BCUT2D eigenvalue weighted by atomic mass is 16.6. The van der Waals surface area contributed by atoms with E-state index in [1.807, 2.05) is 0 Å². The zero-order valence-corrected chi connectivity index (χ0v) is 17.1. The number of aliphatic hydroxyl groups excluding tert-OH is 1. The molecule has 32 heavy (non-hydrogen) atoms. The van der Waals surface area contributed by atoms with Crippen LogP contribution in [-0.4, -0.2) is 68.0 Å². The van der Waals surface area contributed by atoms with E-state index in [2.05, 4.69) is 0 Å². The molecule has 2 fully saturated rings. The van der Waals surface area contributed by atoms with Crippen LogP contribution in [0.2, 0.25) is 0 Å². The van der Waals surface area contributed by atoms with Crippen molar-refractivity contribution < 1.29 is 49.0 Å². The lowest BCUT2D eigenvalue weighted by Gasteiger charge is -2.52. The largest absolute Gasteiger partial charge is 0.507 e. The summed E-state index contributed by atoms with van der Waals surface area (Å²) in [6.07, 6.45) is -5.97. The molecule has 1 aromatic carbocycles. The maximum absolute atomic E-state index is 13.6. The monoisotopic (exact) mass is 444 g/mol. The first-order valence-corrected chi connectivity index (χ1v) is 10.4. The predicted molar refractivity (Wildman–Crippen MR) is 102 cm³/mol. The fourth-order valence-electron chi connectivity index (χ4n) is 5.95. The third-order valence-corrected chi connectivity index (χ3v) is 7.41. The first-order valence-electron chi connectivity index (χ1n) is 10.4. The summed E-state index contributed by atoms with van der Waals surface area (Å²) in [5.74, 6) is -3.36. The lowest BCUT2D eigenvalue weighted by atomic mass is 9.63. The van der Waals surface area contributed by atoms with Crippen LogP contribution < -0.4 is 0 Å². The van der Waals surface area contributed by atoms with Gasteiger partial charge < -0.3 is 34.6 Å². The van der Waals surface area contributed by atoms with Gasteiger partial charge in [-0.05, 0) is 13.8 Å². The van der Waals surface area contributed by atoms with Crippen LogP contribution >= 0.6 is 0 Å². The van der Waals surface area contributed by atoms with E-state index in [0.717, 1.165) is 0 Å². The van der Waals surface area contributed by atoms with Gasteiger partial charge in [-0.1, -0.05) is 0 Å². The van der Waals surface area contributed by atoms with E-state index in [9.17, 15) is 34.8 Å². The maximum Gasteiger partial charge on any atom is 0.309 e. The molecule has 4 heterocycles. The number of ketones is 2. The first-order chi connectivity index (χ1) is 15.1. The summed E-state index contributed by atoms with van der Waals surface area (Å²) in [5, 5.41) is 44.0. The van der Waals surface area contributed by atoms with Crippen molar-refractivity contribution in [1.29, 1.82) is 0 Å². The molecular weight excluding hydrogens is 424 g/mol. The van der Waals surface area contributed by atoms with Gasteiger partial charge in [0.15, 0.2) is 17.7 Å². The van der Waals surface area contributed by atoms with Gasteiger partial charge in [0.1, 0.15) is 23.2 Å². The van der Waals surface area contributed by atoms with Crippen LogP contribution in [0.15, 0.2) is 11.1 Å². The lowest BCUT2D eigenvalue weighted by Crippen LogP contribution is -2.66. The molecule has 2 unspecified atom stereocenters. The van der Waals surface area contributed by atoms with Crippen molar-refractivity contribution in [3.05, 3.63) is 33.4 Å². The van der Waals surface area contributed by atoms with E-state index in [4.69, 9.17) is 14.2 Å². The lowest BCUT2D eigenvalue weighted by molar-refractivity contribution is -0.207. The number of ether oxygens (including phenoxy) is 3. The molecule has 7 atom stereocenters. The molecule has 10 heteroatoms. The smallest absolute Gasteiger partial charge is 0.309 e. The molecule has 4 aliphatic heterocycles. The van der Waals surface area contributed by atoms with Crippen LogP contribution in [0.25, 0.3) is 0 Å². The van der Waals surface area contributed by atoms with Gasteiger partial charge in [-0.2, -0.15) is 0 Å². The minimum Gasteiger partial charge on any atom is -0.507 e. The highest BCUT2D eigenvalue weighted by molar-refractivity contribution is 6.30. The molecule has 10 nitrogen and oxygen atoms in total. The minimum atomic E-state index is -2.14. The topological polar surface area (TPSA) is 160 Å². The van der Waals surface area contributed by atoms with Crippen molar-refractivity contribution >= 4 is 17.5 Å². The second-order valence-electron chi connectivity index (χ2n) is 9.00. The van der Waals surface area contributed by atoms with E-state index >= 15 is 0 Å². The Morgan fingerprint density at radius 1 is 0.969 bits per heavy atom. The van der Waals surface area contributed by atoms with Crippen LogP contribution in [0.5, 0.6) is 11.5 Å². The van der Waals surface area contributed by atoms with E-state index in [0.29, 0.717) is 0 Å². The van der Waals surface area contributed by atoms with Crippen molar-refractivity contribution in [3.8, 4) is 11.5 Å². The van der Waals surface area contributed by atoms with Crippen LogP contribution in [0.1, 0.15) is 70.7 Å². The van der Waals surface area contributed by atoms with Crippen molar-refractivity contribution in [3.63, 3.8) is 0 Å². The fourth-order valence-corrected chi connectivity index (χ4v) is 5.95. The average molecular weight is 444 g/mol. The summed E-state index contributed by atoms with van der Waals surface area (Å²) >= 11 is 0. The summed E-state index contributed by atoms with van der Waals surface area (Å²) < 4.78 is 16.7. The number of carbonyl (C=O) groups is 3. The number of rotatable bonds is 0. The van der Waals surface area contributed by atoms with Gasteiger partial charge in [0.25, 0.3) is 0 Å². The third-order valence-electron chi connectivity index (χ3n) is 7.41. The number of fused-ring (bicyclic) bond motifs is 6. The van der Waals surface area contributed by atoms with Gasteiger partial charge in [-0.25, -0.2) is 0 Å². The fraction of sp³-hybridized carbons (Fsp3) is 0.500. The highest BCUT2D eigenvalue weighted by Crippen LogP contribution is 2.57. The number of phenols is 2. The van der Waals surface area contributed by atoms with Crippen molar-refractivity contribution in [2.45, 2.75) is 68.9 Å². The molecule has 0 radical (unpaired) electrons. The molecule has 2 aliphatic carbocycles. The Hall–Kier alpha value is -2.79. The van der Waals surface area contributed by atoms with Crippen LogP contribution in [0.4, 0.5) is 0 Å². The van der Waals surface area contributed by atoms with E-state index in [-0.39, 0.29) is 35.1 Å². The Bertz CT molecular complexity index is 1170. The molecule has 2 saturated heterocycles. The standard InChI is InChI=1S/C22H20O10/c1-5-11-15(21-8(30-5)4-10(24)32-21)19(27)13-14(17(11)25)20(28)16-12(18(13)26)7-3-9(23)22(16,29)6(2)31-7/h5-9,21,23,25,27,29H,3-4H2,1-2H3/t5-,6+,7?,8-,9+,21+,22?/m0/s1. The van der Waals surface area contributed by atoms with E-state index < -0.39 is 82.4 Å². The van der Waals surface area contributed by atoms with Crippen molar-refractivity contribution in [2.75, 3.05) is 0 Å². The molecule has 0 saturated carbocycles. The van der Waals surface area contributed by atoms with Crippen LogP contribution in [-0.2, 0) is 19.0 Å². The van der Waals surface area contributed by atoms with Crippen molar-refractivity contribution in [2.24, 2.45) is 0 Å². The molecule has 1 aromatic rings. The number of hydrogen-bond acceptors (Lipinski definition) is 10. The first kappa shape index (κ1) is 19.9. The van der Waals surface area contributed by atoms with Gasteiger partial charge in [0, 0.05) is 28.7 Å². The number of carbonyl (C=O) groups excluding carboxylic acids is 3. The molecule has 0 spiro atoms. The Morgan fingerprint density at radius 2 is 1.62 bits per heavy atom. The Labute approximate surface area is 181 Å². The Kier molecular flexibility index (Phi) is 3.70. The van der Waals surface area contributed by atoms with Gasteiger partial charge in [0.2, 0.25) is 0 Å². The molecule has 2 bridgehead atoms. The van der Waals surface area contributed by atoms with E-state index in [1.54, 1.807) is 6.92 Å². The minimum absolute atomic E-state index is 0.0371. The predicted octanol–water partition coefficient (Wildman–Crippen LogP) is 0.504. The average Bonchev–Trinajstić information content (AvgIpc) is 3.09. The number of phenolic OH excluding ortho intramolecular Hbond substituents is 2. The Morgan fingerprint density at radius 3 is 2.31 bits per heavy atom. The summed E-state index contributed by atoms with van der Waals surface area (Å²) in [6, 6.07) is 0. The summed E-state index contributed by atoms with van der Waals surface area (Å²) in [6.45, 7) is 3.07. The normalized spacial score (nSPS) is 39.4. The van der Waals surface area contributed by atoms with Gasteiger partial charge in [0.05, 0.1) is 42.0 Å². The molecule has 168 valence electrons. The van der Waals surface area contributed by atoms with Gasteiger partial charge in [-0.3, -0.25) is 14.4 Å². The Balaban J connectivity index is 1.64. The molecule has 4 N–H and O–H groups in total. The molecule has 0 amide bonds. The van der Waals surface area contributed by atoms with Crippen LogP contribution in [0, 0.1) is 0 Å². The molecular formula is C22H20O10. The second kappa shape index (κ2) is 5.96. The van der Waals surface area contributed by atoms with Gasteiger partial charge in [-0.15, -0.1) is 0 Å². The molecule has 6 aliphatic rings. The van der Waals surface area contributed by atoms with Gasteiger partial charge >= 0.3 is 5.97 Å². The van der Waals surface area contributed by atoms with E-state index in [1.165, 1.54) is 6.92 Å². The number of benzene rings is 1. The number of Topliss-reactive ketones (excluding diaryl/α,β-unsaturated/α-hetero) is 2. The SMILES string of the molecule is C[C@@H]1O[C@H]2CC(=O)O[C@H]2c2c(O)c3c(c(O)c21)C(=O)C1=C(C3=O)C2C[C@@H](O)C1(O)[C@@H](C)O2. The zero-order valence-electron chi connectivity index (χ0n) is 17.1. The third kappa shape index (κ3) is 2.06. The number of aromatic hydroxyl groups is 2. The number of esters is 1. The summed E-state index contributed by atoms with van der Waals surface area (Å²) in [5.41, 5.74) is -3.41. The highest BCUT2D eigenvalue weighted by Gasteiger charge is 2.62. The zero-order chi connectivity index (χ0) is 22.9. The molecule has 0 aromatic heterocycles.